The average molecular weight is 588 g/mol. The van der Waals surface area contributed by atoms with Crippen LogP contribution >= 0.6 is 11.8 Å². The normalized spacial score (nSPS) is 11.9. The summed E-state index contributed by atoms with van der Waals surface area (Å²) in [4.78, 5) is 29.0. The molecule has 1 atom stereocenters. The largest absolute Gasteiger partial charge is 0.492 e. The van der Waals surface area contributed by atoms with E-state index < -0.39 is 40.2 Å². The highest BCUT2D eigenvalue weighted by Gasteiger charge is 2.34. The smallest absolute Gasteiger partial charge is 0.264 e. The van der Waals surface area contributed by atoms with Gasteiger partial charge in [-0.15, -0.1) is 11.8 Å². The van der Waals surface area contributed by atoms with Crippen molar-refractivity contribution in [3.8, 4) is 5.75 Å². The third-order valence-electron chi connectivity index (χ3n) is 6.26. The monoisotopic (exact) mass is 587 g/mol. The van der Waals surface area contributed by atoms with Crippen molar-refractivity contribution in [1.82, 2.24) is 10.2 Å². The lowest BCUT2D eigenvalue weighted by Gasteiger charge is -2.33. The highest BCUT2D eigenvalue weighted by Crippen LogP contribution is 2.33. The molecule has 2 amide bonds. The van der Waals surface area contributed by atoms with E-state index in [1.807, 2.05) is 6.26 Å². The van der Waals surface area contributed by atoms with Crippen molar-refractivity contribution in [1.29, 1.82) is 0 Å². The van der Waals surface area contributed by atoms with Crippen LogP contribution < -0.4 is 14.4 Å². The lowest BCUT2D eigenvalue weighted by molar-refractivity contribution is -0.140. The van der Waals surface area contributed by atoms with Gasteiger partial charge >= 0.3 is 0 Å². The van der Waals surface area contributed by atoms with E-state index >= 15 is 0 Å². The van der Waals surface area contributed by atoms with E-state index in [1.54, 1.807) is 50.2 Å². The molecule has 3 aromatic carbocycles. The molecule has 0 bridgehead atoms. The quantitative estimate of drug-likeness (QED) is 0.292. The third kappa shape index (κ3) is 7.33. The van der Waals surface area contributed by atoms with Crippen LogP contribution in [0.25, 0.3) is 0 Å². The maximum Gasteiger partial charge on any atom is 0.264 e. The van der Waals surface area contributed by atoms with Gasteiger partial charge in [-0.05, 0) is 73.7 Å². The fourth-order valence-electron chi connectivity index (χ4n) is 4.20. The number of halogens is 1. The Morgan fingerprint density at radius 1 is 1.00 bits per heavy atom. The van der Waals surface area contributed by atoms with Crippen LogP contribution in [0.3, 0.4) is 0 Å². The van der Waals surface area contributed by atoms with Gasteiger partial charge in [0.15, 0.2) is 0 Å². The van der Waals surface area contributed by atoms with Crippen molar-refractivity contribution in [2.45, 2.75) is 42.6 Å². The number of hydrogen-bond acceptors (Lipinski definition) is 6. The van der Waals surface area contributed by atoms with Crippen molar-refractivity contribution >= 4 is 39.3 Å². The fourth-order valence-corrected chi connectivity index (χ4v) is 6.03. The van der Waals surface area contributed by atoms with Crippen molar-refractivity contribution in [3.05, 3.63) is 84.2 Å². The molecule has 0 aliphatic carbocycles. The van der Waals surface area contributed by atoms with Crippen LogP contribution in [-0.2, 0) is 26.2 Å². The predicted molar refractivity (Wildman–Crippen MR) is 155 cm³/mol. The molecule has 3 rings (SSSR count). The number of benzene rings is 3. The van der Waals surface area contributed by atoms with Gasteiger partial charge in [0.2, 0.25) is 11.8 Å². The number of rotatable bonds is 13. The number of ether oxygens (including phenoxy) is 1. The van der Waals surface area contributed by atoms with Gasteiger partial charge in [0.25, 0.3) is 10.0 Å². The Hall–Kier alpha value is -3.57. The van der Waals surface area contributed by atoms with Crippen LogP contribution in [0.15, 0.2) is 82.6 Å². The van der Waals surface area contributed by atoms with Crippen molar-refractivity contribution in [2.24, 2.45) is 0 Å². The topological polar surface area (TPSA) is 96.0 Å². The molecule has 40 heavy (non-hydrogen) atoms. The van der Waals surface area contributed by atoms with E-state index in [9.17, 15) is 22.4 Å². The molecule has 0 saturated heterocycles. The first kappa shape index (κ1) is 31.0. The van der Waals surface area contributed by atoms with Gasteiger partial charge in [0, 0.05) is 18.5 Å². The number of likely N-dealkylation sites (N-methyl/N-ethyl adjacent to an activating group) is 1. The van der Waals surface area contributed by atoms with Crippen LogP contribution in [0.1, 0.15) is 25.8 Å². The molecular weight excluding hydrogens is 553 g/mol. The fraction of sp³-hybridized carbons (Fsp3) is 0.310. The second-order valence-electron chi connectivity index (χ2n) is 8.77. The van der Waals surface area contributed by atoms with Crippen LogP contribution in [0, 0.1) is 5.82 Å². The zero-order chi connectivity index (χ0) is 29.3. The van der Waals surface area contributed by atoms with Crippen LogP contribution in [-0.4, -0.2) is 57.6 Å². The summed E-state index contributed by atoms with van der Waals surface area (Å²) in [5.41, 5.74) is 0.787. The van der Waals surface area contributed by atoms with E-state index in [0.29, 0.717) is 11.3 Å². The molecule has 1 N–H and O–H groups in total. The molecule has 0 heterocycles. The maximum atomic E-state index is 14.0. The van der Waals surface area contributed by atoms with Crippen LogP contribution in [0.2, 0.25) is 0 Å². The number of nitrogens with one attached hydrogen (secondary N) is 1. The number of amides is 2. The number of nitrogens with zero attached hydrogens (tertiary/aromatic N) is 2. The molecule has 0 unspecified atom stereocenters. The second kappa shape index (κ2) is 14.2. The Morgan fingerprint density at radius 3 is 2.23 bits per heavy atom. The minimum Gasteiger partial charge on any atom is -0.492 e. The molecule has 0 spiro atoms. The molecule has 0 radical (unpaired) electrons. The molecular formula is C29H34FN3O5S2. The van der Waals surface area contributed by atoms with Crippen molar-refractivity contribution in [2.75, 3.05) is 30.8 Å². The zero-order valence-electron chi connectivity index (χ0n) is 23.0. The number of hydrogen-bond donors (Lipinski definition) is 1. The summed E-state index contributed by atoms with van der Waals surface area (Å²) < 4.78 is 48.4. The summed E-state index contributed by atoms with van der Waals surface area (Å²) in [6, 6.07) is 17.7. The Bertz CT molecular complexity index is 1400. The molecule has 0 aliphatic rings. The third-order valence-corrected chi connectivity index (χ3v) is 8.78. The summed E-state index contributed by atoms with van der Waals surface area (Å²) in [7, 11) is -2.77. The molecule has 0 aromatic heterocycles. The zero-order valence-corrected chi connectivity index (χ0v) is 24.6. The van der Waals surface area contributed by atoms with Crippen molar-refractivity contribution < 1.29 is 27.1 Å². The Balaban J connectivity index is 2.10. The Morgan fingerprint density at radius 2 is 1.65 bits per heavy atom. The van der Waals surface area contributed by atoms with Gasteiger partial charge < -0.3 is 15.0 Å². The molecule has 0 fully saturated rings. The van der Waals surface area contributed by atoms with Gasteiger partial charge in [0.05, 0.1) is 17.2 Å². The number of carbonyl (C=O) groups is 2. The van der Waals surface area contributed by atoms with Gasteiger partial charge in [0.1, 0.15) is 24.2 Å². The molecule has 11 heteroatoms. The maximum absolute atomic E-state index is 14.0. The number of thioether (sulfide) groups is 1. The van der Waals surface area contributed by atoms with E-state index in [4.69, 9.17) is 4.74 Å². The first-order chi connectivity index (χ1) is 19.2. The van der Waals surface area contributed by atoms with Crippen molar-refractivity contribution in [3.63, 3.8) is 0 Å². The van der Waals surface area contributed by atoms with E-state index in [1.165, 1.54) is 60.1 Å². The first-order valence-corrected chi connectivity index (χ1v) is 15.5. The molecule has 0 saturated carbocycles. The first-order valence-electron chi connectivity index (χ1n) is 12.8. The number of anilines is 1. The standard InChI is InChI=1S/C29H34FN3O5S2/c1-5-25(29(35)31-3)32(19-21-11-13-22(30)14-12-21)28(34)20-33(26-9-7-8-10-27(26)38-6-2)40(36,37)24-17-15-23(39-4)16-18-24/h7-18,25H,5-6,19-20H2,1-4H3,(H,31,35)/t25-/m0/s1. The number of sulfonamides is 1. The number of para-hydroxylation sites is 2. The predicted octanol–water partition coefficient (Wildman–Crippen LogP) is 4.70. The van der Waals surface area contributed by atoms with Crippen LogP contribution in [0.4, 0.5) is 10.1 Å². The lowest BCUT2D eigenvalue weighted by atomic mass is 10.1. The van der Waals surface area contributed by atoms with E-state index in [-0.39, 0.29) is 30.2 Å². The van der Waals surface area contributed by atoms with Gasteiger partial charge in [-0.1, -0.05) is 31.2 Å². The molecule has 8 nitrogen and oxygen atoms in total. The summed E-state index contributed by atoms with van der Waals surface area (Å²) in [5.74, 6) is -1.13. The summed E-state index contributed by atoms with van der Waals surface area (Å²) in [6.07, 6.45) is 2.17. The highest BCUT2D eigenvalue weighted by atomic mass is 32.2. The Labute approximate surface area is 239 Å². The SMILES string of the molecule is CCOc1ccccc1N(CC(=O)N(Cc1ccc(F)cc1)[C@@H](CC)C(=O)NC)S(=O)(=O)c1ccc(SC)cc1. The summed E-state index contributed by atoms with van der Waals surface area (Å²) in [5, 5.41) is 2.58. The average Bonchev–Trinajstić information content (AvgIpc) is 2.97. The lowest BCUT2D eigenvalue weighted by Crippen LogP contribution is -2.51. The highest BCUT2D eigenvalue weighted by molar-refractivity contribution is 7.98. The van der Waals surface area contributed by atoms with E-state index in [2.05, 4.69) is 5.32 Å². The summed E-state index contributed by atoms with van der Waals surface area (Å²) in [6.45, 7) is 3.21. The minimum absolute atomic E-state index is 0.00725. The minimum atomic E-state index is -4.24. The van der Waals surface area contributed by atoms with Crippen LogP contribution in [0.5, 0.6) is 5.75 Å². The molecule has 0 aliphatic heterocycles. The van der Waals surface area contributed by atoms with E-state index in [0.717, 1.165) is 9.20 Å². The number of carbonyl (C=O) groups excluding carboxylic acids is 2. The van der Waals surface area contributed by atoms with Gasteiger partial charge in [-0.25, -0.2) is 12.8 Å². The molecule has 3 aromatic rings. The van der Waals surface area contributed by atoms with Gasteiger partial charge in [-0.3, -0.25) is 13.9 Å². The van der Waals surface area contributed by atoms with Gasteiger partial charge in [-0.2, -0.15) is 0 Å². The Kier molecular flexibility index (Phi) is 11.0. The summed E-state index contributed by atoms with van der Waals surface area (Å²) >= 11 is 1.48. The molecule has 214 valence electrons. The second-order valence-corrected chi connectivity index (χ2v) is 11.5.